The lowest BCUT2D eigenvalue weighted by Gasteiger charge is -2.15. The van der Waals surface area contributed by atoms with Crippen molar-refractivity contribution in [1.29, 1.82) is 0 Å². The number of benzene rings is 1. The molecule has 0 amide bonds. The predicted octanol–water partition coefficient (Wildman–Crippen LogP) is 4.78. The number of carbonyl (C=O) groups is 1. The van der Waals surface area contributed by atoms with E-state index in [0.29, 0.717) is 21.9 Å². The average Bonchev–Trinajstić information content (AvgIpc) is 3.44. The third-order valence-corrected chi connectivity index (χ3v) is 7.82. The van der Waals surface area contributed by atoms with Crippen molar-refractivity contribution in [3.8, 4) is 0 Å². The van der Waals surface area contributed by atoms with Crippen LogP contribution in [0, 0.1) is 13.8 Å². The number of fused-ring (bicyclic) bond motifs is 3. The number of ketones is 1. The summed E-state index contributed by atoms with van der Waals surface area (Å²) in [5.41, 5.74) is 3.30. The number of aromatic nitrogens is 3. The van der Waals surface area contributed by atoms with Gasteiger partial charge in [0.15, 0.2) is 10.9 Å². The summed E-state index contributed by atoms with van der Waals surface area (Å²) in [7, 11) is 0. The van der Waals surface area contributed by atoms with Gasteiger partial charge in [-0.3, -0.25) is 14.2 Å². The fourth-order valence-electron chi connectivity index (χ4n) is 4.05. The number of carbonyl (C=O) groups excluding carboxylic acids is 1. The molecule has 6 nitrogen and oxygen atoms in total. The molecule has 1 aliphatic rings. The molecule has 0 bridgehead atoms. The van der Waals surface area contributed by atoms with Crippen molar-refractivity contribution in [2.24, 2.45) is 0 Å². The summed E-state index contributed by atoms with van der Waals surface area (Å²) in [5, 5.41) is 1.43. The molecule has 1 saturated heterocycles. The molecule has 0 radical (unpaired) electrons. The van der Waals surface area contributed by atoms with Gasteiger partial charge in [0.05, 0.1) is 23.9 Å². The Morgan fingerprint density at radius 1 is 1.31 bits per heavy atom. The normalized spacial score (nSPS) is 16.2. The minimum absolute atomic E-state index is 0.00600. The summed E-state index contributed by atoms with van der Waals surface area (Å²) in [6.07, 6.45) is 3.63. The third kappa shape index (κ3) is 3.98. The van der Waals surface area contributed by atoms with Gasteiger partial charge >= 0.3 is 0 Å². The molecular formula is C24H23N3O3S2. The van der Waals surface area contributed by atoms with Crippen molar-refractivity contribution in [3.63, 3.8) is 0 Å². The molecule has 0 saturated carbocycles. The lowest BCUT2D eigenvalue weighted by molar-refractivity contribution is 0.0938. The van der Waals surface area contributed by atoms with E-state index in [1.165, 1.54) is 23.1 Å². The SMILES string of the molecule is Cc1ccc(C)c(C(=O)CSc2nc3c(sc4ncccc43)c(=O)n2C[C@@H]2CCCO2)c1. The molecule has 8 heteroatoms. The number of hydrogen-bond donors (Lipinski definition) is 0. The van der Waals surface area contributed by atoms with Crippen LogP contribution in [-0.2, 0) is 11.3 Å². The minimum atomic E-state index is -0.0878. The zero-order valence-corrected chi connectivity index (χ0v) is 19.6. The van der Waals surface area contributed by atoms with Crippen molar-refractivity contribution >= 4 is 49.3 Å². The number of ether oxygens (including phenoxy) is 1. The number of rotatable bonds is 6. The van der Waals surface area contributed by atoms with E-state index in [4.69, 9.17) is 9.72 Å². The highest BCUT2D eigenvalue weighted by Gasteiger charge is 2.23. The molecule has 0 unspecified atom stereocenters. The van der Waals surface area contributed by atoms with Crippen molar-refractivity contribution in [1.82, 2.24) is 14.5 Å². The number of thioether (sulfide) groups is 1. The maximum Gasteiger partial charge on any atom is 0.272 e. The quantitative estimate of drug-likeness (QED) is 0.232. The summed E-state index contributed by atoms with van der Waals surface area (Å²) >= 11 is 2.69. The number of Topliss-reactive ketones (excluding diaryl/α,β-unsaturated/α-hetero) is 1. The lowest BCUT2D eigenvalue weighted by atomic mass is 10.0. The van der Waals surface area contributed by atoms with Crippen LogP contribution >= 0.6 is 23.1 Å². The molecule has 164 valence electrons. The van der Waals surface area contributed by atoms with Crippen LogP contribution in [0.1, 0.15) is 34.3 Å². The summed E-state index contributed by atoms with van der Waals surface area (Å²) in [6.45, 7) is 5.09. The standard InChI is InChI=1S/C24H23N3O3S2/c1-14-7-8-15(2)18(11-14)19(28)13-31-24-26-20-17-6-3-9-25-22(17)32-21(20)23(29)27(24)12-16-5-4-10-30-16/h3,6-9,11,16H,4-5,10,12-13H2,1-2H3/t16-/m0/s1. The molecule has 0 spiro atoms. The van der Waals surface area contributed by atoms with Crippen LogP contribution in [0.25, 0.3) is 20.4 Å². The van der Waals surface area contributed by atoms with Crippen LogP contribution in [-0.4, -0.2) is 38.8 Å². The third-order valence-electron chi connectivity index (χ3n) is 5.75. The molecule has 32 heavy (non-hydrogen) atoms. The minimum Gasteiger partial charge on any atom is -0.376 e. The average molecular weight is 466 g/mol. The van der Waals surface area contributed by atoms with Gasteiger partial charge < -0.3 is 4.74 Å². The lowest BCUT2D eigenvalue weighted by Crippen LogP contribution is -2.28. The highest BCUT2D eigenvalue weighted by Crippen LogP contribution is 2.31. The Morgan fingerprint density at radius 3 is 3.00 bits per heavy atom. The number of thiophene rings is 1. The van der Waals surface area contributed by atoms with Crippen molar-refractivity contribution in [3.05, 3.63) is 63.6 Å². The van der Waals surface area contributed by atoms with E-state index < -0.39 is 0 Å². The fourth-order valence-corrected chi connectivity index (χ4v) is 5.96. The van der Waals surface area contributed by atoms with Gasteiger partial charge in [-0.15, -0.1) is 11.3 Å². The molecule has 0 aliphatic carbocycles. The van der Waals surface area contributed by atoms with Crippen LogP contribution in [0.4, 0.5) is 0 Å². The zero-order chi connectivity index (χ0) is 22.2. The second-order valence-electron chi connectivity index (χ2n) is 8.11. The van der Waals surface area contributed by atoms with Gasteiger partial charge in [0.1, 0.15) is 9.53 Å². The molecule has 1 aliphatic heterocycles. The van der Waals surface area contributed by atoms with Gasteiger partial charge in [-0.25, -0.2) is 9.97 Å². The van der Waals surface area contributed by atoms with Gasteiger partial charge in [0.2, 0.25) is 0 Å². The molecule has 3 aromatic heterocycles. The zero-order valence-electron chi connectivity index (χ0n) is 18.0. The molecule has 4 aromatic rings. The molecule has 1 atom stereocenters. The van der Waals surface area contributed by atoms with E-state index >= 15 is 0 Å². The molecule has 1 aromatic carbocycles. The first-order valence-corrected chi connectivity index (χ1v) is 12.4. The second-order valence-corrected chi connectivity index (χ2v) is 10.1. The molecular weight excluding hydrogens is 442 g/mol. The van der Waals surface area contributed by atoms with Crippen molar-refractivity contribution in [2.45, 2.75) is 44.5 Å². The Kier molecular flexibility index (Phi) is 5.84. The number of nitrogens with zero attached hydrogens (tertiary/aromatic N) is 3. The van der Waals surface area contributed by atoms with Gasteiger partial charge in [-0.2, -0.15) is 0 Å². The Bertz CT molecular complexity index is 1390. The van der Waals surface area contributed by atoms with Crippen LogP contribution in [0.5, 0.6) is 0 Å². The first-order valence-electron chi connectivity index (χ1n) is 10.6. The van der Waals surface area contributed by atoms with E-state index in [1.807, 2.05) is 44.2 Å². The summed E-state index contributed by atoms with van der Waals surface area (Å²) in [4.78, 5) is 36.5. The first kappa shape index (κ1) is 21.3. The molecule has 1 fully saturated rings. The number of hydrogen-bond acceptors (Lipinski definition) is 7. The Morgan fingerprint density at radius 2 is 2.19 bits per heavy atom. The van der Waals surface area contributed by atoms with E-state index in [2.05, 4.69) is 4.98 Å². The van der Waals surface area contributed by atoms with E-state index in [1.54, 1.807) is 10.8 Å². The van der Waals surface area contributed by atoms with Gasteiger partial charge in [-0.1, -0.05) is 29.5 Å². The first-order chi connectivity index (χ1) is 15.5. The largest absolute Gasteiger partial charge is 0.376 e. The Hall–Kier alpha value is -2.55. The number of aryl methyl sites for hydroxylation is 2. The maximum atomic E-state index is 13.5. The highest BCUT2D eigenvalue weighted by molar-refractivity contribution is 7.99. The van der Waals surface area contributed by atoms with Crippen LogP contribution in [0.15, 0.2) is 46.5 Å². The van der Waals surface area contributed by atoms with Crippen molar-refractivity contribution < 1.29 is 9.53 Å². The molecule has 0 N–H and O–H groups in total. The van der Waals surface area contributed by atoms with E-state index in [0.717, 1.165) is 46.4 Å². The van der Waals surface area contributed by atoms with Gasteiger partial charge in [0.25, 0.3) is 5.56 Å². The van der Waals surface area contributed by atoms with Crippen LogP contribution < -0.4 is 5.56 Å². The van der Waals surface area contributed by atoms with E-state index in [9.17, 15) is 9.59 Å². The monoisotopic (exact) mass is 465 g/mol. The Labute approximate surface area is 193 Å². The second kappa shape index (κ2) is 8.77. The maximum absolute atomic E-state index is 13.5. The highest BCUT2D eigenvalue weighted by atomic mass is 32.2. The Balaban J connectivity index is 1.54. The molecule has 4 heterocycles. The van der Waals surface area contributed by atoms with Crippen LogP contribution in [0.3, 0.4) is 0 Å². The number of pyridine rings is 1. The molecule has 5 rings (SSSR count). The van der Waals surface area contributed by atoms with Gasteiger partial charge in [-0.05, 0) is 50.5 Å². The van der Waals surface area contributed by atoms with Crippen molar-refractivity contribution in [2.75, 3.05) is 12.4 Å². The van der Waals surface area contributed by atoms with E-state index in [-0.39, 0.29) is 23.2 Å². The smallest absolute Gasteiger partial charge is 0.272 e. The fraction of sp³-hybridized carbons (Fsp3) is 0.333. The van der Waals surface area contributed by atoms with Crippen LogP contribution in [0.2, 0.25) is 0 Å². The topological polar surface area (TPSA) is 74.1 Å². The van der Waals surface area contributed by atoms with Gasteiger partial charge in [0, 0.05) is 23.8 Å². The summed E-state index contributed by atoms with van der Waals surface area (Å²) in [5.74, 6) is 0.250. The summed E-state index contributed by atoms with van der Waals surface area (Å²) in [6, 6.07) is 9.68. The summed E-state index contributed by atoms with van der Waals surface area (Å²) < 4.78 is 8.08. The predicted molar refractivity (Wildman–Crippen MR) is 129 cm³/mol.